The lowest BCUT2D eigenvalue weighted by molar-refractivity contribution is -0.138. The maximum Gasteiger partial charge on any atom is 0.417 e. The number of rotatable bonds is 1. The minimum atomic E-state index is -4.45. The van der Waals surface area contributed by atoms with Crippen molar-refractivity contribution >= 4 is 44.3 Å². The molecule has 0 aliphatic heterocycles. The van der Waals surface area contributed by atoms with Crippen LogP contribution in [-0.2, 0) is 6.18 Å². The number of hydrogen-bond donors (Lipinski definition) is 0. The van der Waals surface area contributed by atoms with Crippen LogP contribution in [0, 0.1) is 3.57 Å². The van der Waals surface area contributed by atoms with E-state index in [1.807, 2.05) is 22.6 Å². The second-order valence-electron chi connectivity index (χ2n) is 2.87. The first-order chi connectivity index (χ1) is 6.73. The number of carbonyl (C=O) groups excluding carboxylic acids is 1. The zero-order chi connectivity index (χ0) is 11.8. The standard InChI is InChI=1S/C9H5BrF3IO/c1-4(15)5-2-6(9(11,12)13)7(10)3-8(5)14/h2-3H,1H3. The van der Waals surface area contributed by atoms with Crippen LogP contribution in [-0.4, -0.2) is 5.78 Å². The van der Waals surface area contributed by atoms with E-state index >= 15 is 0 Å². The summed E-state index contributed by atoms with van der Waals surface area (Å²) in [6.07, 6.45) is -4.45. The molecule has 0 fully saturated rings. The predicted molar refractivity (Wildman–Crippen MR) is 61.9 cm³/mol. The Bertz CT molecular complexity index is 415. The van der Waals surface area contributed by atoms with Crippen LogP contribution < -0.4 is 0 Å². The van der Waals surface area contributed by atoms with Crippen LogP contribution in [0.2, 0.25) is 0 Å². The molecule has 0 aliphatic carbocycles. The van der Waals surface area contributed by atoms with Crippen molar-refractivity contribution in [2.24, 2.45) is 0 Å². The van der Waals surface area contributed by atoms with Crippen LogP contribution in [0.1, 0.15) is 22.8 Å². The fourth-order valence-corrected chi connectivity index (χ4v) is 2.88. The van der Waals surface area contributed by atoms with Gasteiger partial charge in [-0.25, -0.2) is 0 Å². The maximum absolute atomic E-state index is 12.5. The van der Waals surface area contributed by atoms with E-state index in [0.29, 0.717) is 3.57 Å². The molecule has 0 unspecified atom stereocenters. The van der Waals surface area contributed by atoms with Crippen LogP contribution in [0.3, 0.4) is 0 Å². The van der Waals surface area contributed by atoms with E-state index in [9.17, 15) is 18.0 Å². The van der Waals surface area contributed by atoms with Crippen molar-refractivity contribution < 1.29 is 18.0 Å². The van der Waals surface area contributed by atoms with Gasteiger partial charge in [0, 0.05) is 13.6 Å². The second kappa shape index (κ2) is 4.40. The summed E-state index contributed by atoms with van der Waals surface area (Å²) in [6.45, 7) is 1.24. The van der Waals surface area contributed by atoms with Gasteiger partial charge in [-0.15, -0.1) is 0 Å². The molecule has 0 radical (unpaired) electrons. The Labute approximate surface area is 106 Å². The molecule has 0 heterocycles. The van der Waals surface area contributed by atoms with E-state index in [4.69, 9.17) is 0 Å². The molecule has 1 aromatic rings. The van der Waals surface area contributed by atoms with Crippen molar-refractivity contribution in [2.75, 3.05) is 0 Å². The SMILES string of the molecule is CC(=O)c1cc(C(F)(F)F)c(Br)cc1I. The van der Waals surface area contributed by atoms with Gasteiger partial charge >= 0.3 is 6.18 Å². The highest BCUT2D eigenvalue weighted by molar-refractivity contribution is 14.1. The minimum Gasteiger partial charge on any atom is -0.294 e. The fraction of sp³-hybridized carbons (Fsp3) is 0.222. The topological polar surface area (TPSA) is 17.1 Å². The first kappa shape index (κ1) is 13.0. The van der Waals surface area contributed by atoms with Gasteiger partial charge in [-0.1, -0.05) is 15.9 Å². The molecular weight excluding hydrogens is 388 g/mol. The Morgan fingerprint density at radius 1 is 1.40 bits per heavy atom. The molecule has 0 N–H and O–H groups in total. The summed E-state index contributed by atoms with van der Waals surface area (Å²) < 4.78 is 37.9. The number of hydrogen-bond acceptors (Lipinski definition) is 1. The second-order valence-corrected chi connectivity index (χ2v) is 4.88. The molecule has 15 heavy (non-hydrogen) atoms. The monoisotopic (exact) mass is 392 g/mol. The quantitative estimate of drug-likeness (QED) is 0.515. The summed E-state index contributed by atoms with van der Waals surface area (Å²) in [6, 6.07) is 2.16. The van der Waals surface area contributed by atoms with Crippen molar-refractivity contribution in [3.8, 4) is 0 Å². The lowest BCUT2D eigenvalue weighted by atomic mass is 10.1. The lowest BCUT2D eigenvalue weighted by Gasteiger charge is -2.11. The van der Waals surface area contributed by atoms with Crippen molar-refractivity contribution in [1.82, 2.24) is 0 Å². The molecule has 0 bridgehead atoms. The molecule has 82 valence electrons. The summed E-state index contributed by atoms with van der Waals surface area (Å²) in [5, 5.41) is 0. The number of carbonyl (C=O) groups is 1. The number of alkyl halides is 3. The molecule has 0 saturated carbocycles. The summed E-state index contributed by atoms with van der Waals surface area (Å²) in [7, 11) is 0. The maximum atomic E-state index is 12.5. The van der Waals surface area contributed by atoms with Gasteiger partial charge in [0.1, 0.15) is 0 Å². The van der Waals surface area contributed by atoms with E-state index < -0.39 is 11.7 Å². The molecule has 1 nitrogen and oxygen atoms in total. The van der Waals surface area contributed by atoms with Gasteiger partial charge in [-0.3, -0.25) is 4.79 Å². The van der Waals surface area contributed by atoms with Crippen molar-refractivity contribution in [2.45, 2.75) is 13.1 Å². The smallest absolute Gasteiger partial charge is 0.294 e. The van der Waals surface area contributed by atoms with Crippen LogP contribution >= 0.6 is 38.5 Å². The molecule has 0 amide bonds. The fourth-order valence-electron chi connectivity index (χ4n) is 1.04. The number of halogens is 5. The van der Waals surface area contributed by atoms with Crippen LogP contribution in [0.4, 0.5) is 13.2 Å². The first-order valence-corrected chi connectivity index (χ1v) is 5.68. The highest BCUT2D eigenvalue weighted by Crippen LogP contribution is 2.36. The Kier molecular flexibility index (Phi) is 3.80. The third-order valence-electron chi connectivity index (χ3n) is 1.74. The molecule has 0 atom stereocenters. The van der Waals surface area contributed by atoms with Crippen molar-refractivity contribution in [3.63, 3.8) is 0 Å². The molecule has 0 aromatic heterocycles. The highest BCUT2D eigenvalue weighted by atomic mass is 127. The Hall–Kier alpha value is -0.110. The van der Waals surface area contributed by atoms with Gasteiger partial charge < -0.3 is 0 Å². The van der Waals surface area contributed by atoms with Gasteiger partial charge in [0.2, 0.25) is 0 Å². The molecule has 6 heteroatoms. The lowest BCUT2D eigenvalue weighted by Crippen LogP contribution is -2.09. The average molecular weight is 393 g/mol. The van der Waals surface area contributed by atoms with Crippen LogP contribution in [0.5, 0.6) is 0 Å². The summed E-state index contributed by atoms with van der Waals surface area (Å²) in [5.74, 6) is -0.377. The molecule has 0 aliphatic rings. The first-order valence-electron chi connectivity index (χ1n) is 3.80. The van der Waals surface area contributed by atoms with E-state index in [0.717, 1.165) is 6.07 Å². The van der Waals surface area contributed by atoms with E-state index in [2.05, 4.69) is 15.9 Å². The Morgan fingerprint density at radius 3 is 2.33 bits per heavy atom. The molecule has 0 spiro atoms. The van der Waals surface area contributed by atoms with E-state index in [1.54, 1.807) is 0 Å². The van der Waals surface area contributed by atoms with Gasteiger partial charge in [-0.05, 0) is 41.6 Å². The van der Waals surface area contributed by atoms with Gasteiger partial charge in [0.15, 0.2) is 5.78 Å². The summed E-state index contributed by atoms with van der Waals surface area (Å²) in [4.78, 5) is 11.1. The summed E-state index contributed by atoms with van der Waals surface area (Å²) >= 11 is 4.66. The zero-order valence-corrected chi connectivity index (χ0v) is 11.2. The van der Waals surface area contributed by atoms with Crippen molar-refractivity contribution in [1.29, 1.82) is 0 Å². The molecular formula is C9H5BrF3IO. The third-order valence-corrected chi connectivity index (χ3v) is 3.29. The minimum absolute atomic E-state index is 0.0515. The van der Waals surface area contributed by atoms with Crippen LogP contribution in [0.15, 0.2) is 16.6 Å². The number of benzene rings is 1. The highest BCUT2D eigenvalue weighted by Gasteiger charge is 2.34. The third kappa shape index (κ3) is 2.93. The molecule has 0 saturated heterocycles. The zero-order valence-electron chi connectivity index (χ0n) is 7.45. The predicted octanol–water partition coefficient (Wildman–Crippen LogP) is 4.28. The van der Waals surface area contributed by atoms with Crippen molar-refractivity contribution in [3.05, 3.63) is 31.3 Å². The van der Waals surface area contributed by atoms with Gasteiger partial charge in [-0.2, -0.15) is 13.2 Å². The average Bonchev–Trinajstić information content (AvgIpc) is 2.00. The van der Waals surface area contributed by atoms with Gasteiger partial charge in [0.05, 0.1) is 5.56 Å². The molecule has 1 aromatic carbocycles. The van der Waals surface area contributed by atoms with Gasteiger partial charge in [0.25, 0.3) is 0 Å². The Morgan fingerprint density at radius 2 is 1.93 bits per heavy atom. The summed E-state index contributed by atoms with van der Waals surface area (Å²) in [5.41, 5.74) is -0.737. The largest absolute Gasteiger partial charge is 0.417 e. The van der Waals surface area contributed by atoms with E-state index in [1.165, 1.54) is 13.0 Å². The number of ketones is 1. The number of Topliss-reactive ketones (excluding diaryl/α,β-unsaturated/α-hetero) is 1. The normalized spacial score (nSPS) is 11.6. The Balaban J connectivity index is 3.43. The van der Waals surface area contributed by atoms with Crippen LogP contribution in [0.25, 0.3) is 0 Å². The molecule has 1 rings (SSSR count). The van der Waals surface area contributed by atoms with E-state index in [-0.39, 0.29) is 15.8 Å².